The highest BCUT2D eigenvalue weighted by atomic mass is 16.5. The van der Waals surface area contributed by atoms with Crippen LogP contribution in [0.3, 0.4) is 0 Å². The third kappa shape index (κ3) is 4.91. The van der Waals surface area contributed by atoms with Crippen LogP contribution in [0.25, 0.3) is 22.1 Å². The van der Waals surface area contributed by atoms with E-state index in [1.165, 1.54) is 19.2 Å². The number of hydrogen-bond acceptors (Lipinski definition) is 5. The molecule has 0 saturated heterocycles. The Balaban J connectivity index is 1.48. The lowest BCUT2D eigenvalue weighted by Gasteiger charge is -2.14. The second kappa shape index (κ2) is 9.50. The minimum absolute atomic E-state index is 0.00293. The number of furan rings is 1. The smallest absolute Gasteiger partial charge is 0.335 e. The van der Waals surface area contributed by atoms with Crippen molar-refractivity contribution >= 4 is 28.8 Å². The number of carboxylic acid groups (broad SMARTS) is 2. The number of aliphatic carboxylic acids is 1. The molecule has 34 heavy (non-hydrogen) atoms. The van der Waals surface area contributed by atoms with Crippen molar-refractivity contribution < 1.29 is 33.8 Å². The summed E-state index contributed by atoms with van der Waals surface area (Å²) in [7, 11) is 1.53. The molecular weight excluding hydrogens is 438 g/mol. The molecule has 0 saturated carbocycles. The van der Waals surface area contributed by atoms with Crippen molar-refractivity contribution in [3.05, 3.63) is 89.7 Å². The minimum atomic E-state index is -1.18. The van der Waals surface area contributed by atoms with E-state index in [-0.39, 0.29) is 17.7 Å². The Kier molecular flexibility index (Phi) is 6.31. The largest absolute Gasteiger partial charge is 0.497 e. The van der Waals surface area contributed by atoms with Gasteiger partial charge in [0, 0.05) is 11.8 Å². The van der Waals surface area contributed by atoms with Crippen LogP contribution < -0.4 is 10.1 Å². The second-order valence-electron chi connectivity index (χ2n) is 7.67. The fourth-order valence-electron chi connectivity index (χ4n) is 3.59. The normalized spacial score (nSPS) is 11.7. The summed E-state index contributed by atoms with van der Waals surface area (Å²) in [6.07, 6.45) is 0.0601. The van der Waals surface area contributed by atoms with Gasteiger partial charge in [0.1, 0.15) is 17.4 Å². The van der Waals surface area contributed by atoms with Crippen LogP contribution in [0.4, 0.5) is 0 Å². The predicted molar refractivity (Wildman–Crippen MR) is 124 cm³/mol. The zero-order valence-corrected chi connectivity index (χ0v) is 18.1. The molecule has 172 valence electrons. The molecule has 1 amide bonds. The quantitative estimate of drug-likeness (QED) is 0.360. The first-order valence-corrected chi connectivity index (χ1v) is 10.4. The maximum atomic E-state index is 12.7. The molecule has 8 heteroatoms. The molecule has 1 aromatic heterocycles. The van der Waals surface area contributed by atoms with Crippen molar-refractivity contribution in [2.75, 3.05) is 7.11 Å². The van der Waals surface area contributed by atoms with Crippen molar-refractivity contribution in [1.82, 2.24) is 5.32 Å². The van der Waals surface area contributed by atoms with Crippen LogP contribution >= 0.6 is 0 Å². The van der Waals surface area contributed by atoms with Crippen LogP contribution in [0, 0.1) is 0 Å². The molecule has 0 fully saturated rings. The molecule has 1 atom stereocenters. The number of fused-ring (bicyclic) bond motifs is 1. The first-order chi connectivity index (χ1) is 16.3. The summed E-state index contributed by atoms with van der Waals surface area (Å²) >= 11 is 0. The van der Waals surface area contributed by atoms with E-state index in [1.807, 2.05) is 0 Å². The molecule has 0 aliphatic heterocycles. The maximum absolute atomic E-state index is 12.7. The van der Waals surface area contributed by atoms with E-state index < -0.39 is 23.9 Å². The van der Waals surface area contributed by atoms with Crippen molar-refractivity contribution in [2.45, 2.75) is 12.5 Å². The highest BCUT2D eigenvalue weighted by molar-refractivity contribution is 5.98. The number of carboxylic acids is 2. The Bertz CT molecular complexity index is 1370. The number of benzene rings is 3. The van der Waals surface area contributed by atoms with E-state index >= 15 is 0 Å². The third-order valence-corrected chi connectivity index (χ3v) is 5.39. The Morgan fingerprint density at radius 2 is 1.71 bits per heavy atom. The van der Waals surface area contributed by atoms with Gasteiger partial charge in [0.05, 0.1) is 12.7 Å². The number of carbonyl (C=O) groups excluding carboxylic acids is 1. The summed E-state index contributed by atoms with van der Waals surface area (Å²) in [5, 5.41) is 22.0. The van der Waals surface area contributed by atoms with Gasteiger partial charge in [0.25, 0.3) is 5.91 Å². The lowest BCUT2D eigenvalue weighted by atomic mass is 9.99. The summed E-state index contributed by atoms with van der Waals surface area (Å²) in [5.41, 5.74) is 2.89. The lowest BCUT2D eigenvalue weighted by molar-refractivity contribution is -0.139. The van der Waals surface area contributed by atoms with Crippen LogP contribution in [0.5, 0.6) is 5.75 Å². The maximum Gasteiger partial charge on any atom is 0.335 e. The monoisotopic (exact) mass is 459 g/mol. The van der Waals surface area contributed by atoms with E-state index in [0.29, 0.717) is 22.3 Å². The molecule has 4 aromatic rings. The zero-order chi connectivity index (χ0) is 24.2. The van der Waals surface area contributed by atoms with Gasteiger partial charge in [0.15, 0.2) is 5.76 Å². The van der Waals surface area contributed by atoms with Crippen LogP contribution in [-0.2, 0) is 11.2 Å². The Labute approximate surface area is 194 Å². The average Bonchev–Trinajstić information content (AvgIpc) is 3.27. The number of amides is 1. The van der Waals surface area contributed by atoms with Crippen LogP contribution in [0.1, 0.15) is 26.5 Å². The molecular formula is C26H21NO7. The highest BCUT2D eigenvalue weighted by Gasteiger charge is 2.23. The van der Waals surface area contributed by atoms with Gasteiger partial charge in [0.2, 0.25) is 0 Å². The van der Waals surface area contributed by atoms with Gasteiger partial charge >= 0.3 is 11.9 Å². The standard InChI is InChI=1S/C26H21NO7/c1-33-20-9-10-22-19(13-20)14-23(34-22)24(28)27-21(26(31)32)11-15-5-7-16(8-6-15)17-3-2-4-18(12-17)25(29)30/h2-10,12-14,21H,11H2,1H3,(H,27,28)(H,29,30)(H,31,32). The highest BCUT2D eigenvalue weighted by Crippen LogP contribution is 2.25. The van der Waals surface area contributed by atoms with E-state index in [1.54, 1.807) is 60.7 Å². The molecule has 1 heterocycles. The summed E-state index contributed by atoms with van der Waals surface area (Å²) in [6, 6.07) is 19.1. The molecule has 8 nitrogen and oxygen atoms in total. The first-order valence-electron chi connectivity index (χ1n) is 10.4. The van der Waals surface area contributed by atoms with Crippen molar-refractivity contribution in [3.63, 3.8) is 0 Å². The van der Waals surface area contributed by atoms with Gasteiger partial charge in [-0.1, -0.05) is 36.4 Å². The predicted octanol–water partition coefficient (Wildman–Crippen LogP) is 4.23. The fourth-order valence-corrected chi connectivity index (χ4v) is 3.59. The topological polar surface area (TPSA) is 126 Å². The number of ether oxygens (including phenoxy) is 1. The molecule has 0 radical (unpaired) electrons. The van der Waals surface area contributed by atoms with Crippen molar-refractivity contribution in [2.24, 2.45) is 0 Å². The summed E-state index contributed by atoms with van der Waals surface area (Å²) < 4.78 is 10.7. The molecule has 0 aliphatic carbocycles. The van der Waals surface area contributed by atoms with Gasteiger partial charge < -0.3 is 24.7 Å². The summed E-state index contributed by atoms with van der Waals surface area (Å²) in [4.78, 5) is 35.6. The Hall–Kier alpha value is -4.59. The number of methoxy groups -OCH3 is 1. The SMILES string of the molecule is COc1ccc2oc(C(=O)NC(Cc3ccc(-c4cccc(C(=O)O)c4)cc3)C(=O)O)cc2c1. The van der Waals surface area contributed by atoms with Gasteiger partial charge in [-0.25, -0.2) is 9.59 Å². The van der Waals surface area contributed by atoms with Crippen molar-refractivity contribution in [1.29, 1.82) is 0 Å². The van der Waals surface area contributed by atoms with Crippen LogP contribution in [-0.4, -0.2) is 41.2 Å². The second-order valence-corrected chi connectivity index (χ2v) is 7.67. The summed E-state index contributed by atoms with van der Waals surface area (Å²) in [5.74, 6) is -2.21. The van der Waals surface area contributed by atoms with Gasteiger partial charge in [-0.15, -0.1) is 0 Å². The first kappa shape index (κ1) is 22.6. The number of aromatic carboxylic acids is 1. The molecule has 1 unspecified atom stereocenters. The van der Waals surface area contributed by atoms with Crippen LogP contribution in [0.15, 0.2) is 77.2 Å². The Morgan fingerprint density at radius 3 is 2.38 bits per heavy atom. The molecule has 3 aromatic carbocycles. The van der Waals surface area contributed by atoms with E-state index in [9.17, 15) is 19.5 Å². The number of hydrogen-bond donors (Lipinski definition) is 3. The van der Waals surface area contributed by atoms with Gasteiger partial charge in [-0.05, 0) is 53.1 Å². The van der Waals surface area contributed by atoms with Crippen LogP contribution in [0.2, 0.25) is 0 Å². The molecule has 0 bridgehead atoms. The Morgan fingerprint density at radius 1 is 0.941 bits per heavy atom. The van der Waals surface area contributed by atoms with E-state index in [0.717, 1.165) is 11.1 Å². The minimum Gasteiger partial charge on any atom is -0.497 e. The van der Waals surface area contributed by atoms with E-state index in [2.05, 4.69) is 5.32 Å². The molecule has 3 N–H and O–H groups in total. The van der Waals surface area contributed by atoms with Gasteiger partial charge in [-0.3, -0.25) is 4.79 Å². The van der Waals surface area contributed by atoms with E-state index in [4.69, 9.17) is 14.3 Å². The summed E-state index contributed by atoms with van der Waals surface area (Å²) in [6.45, 7) is 0. The molecule has 0 aliphatic rings. The average molecular weight is 459 g/mol. The number of rotatable bonds is 8. The third-order valence-electron chi connectivity index (χ3n) is 5.39. The lowest BCUT2D eigenvalue weighted by Crippen LogP contribution is -2.42. The molecule has 0 spiro atoms. The van der Waals surface area contributed by atoms with Crippen molar-refractivity contribution in [3.8, 4) is 16.9 Å². The number of carbonyl (C=O) groups is 3. The molecule has 4 rings (SSSR count). The zero-order valence-electron chi connectivity index (χ0n) is 18.1. The van der Waals surface area contributed by atoms with Gasteiger partial charge in [-0.2, -0.15) is 0 Å². The fraction of sp³-hybridized carbons (Fsp3) is 0.115. The number of nitrogens with one attached hydrogen (secondary N) is 1.